The summed E-state index contributed by atoms with van der Waals surface area (Å²) in [4.78, 5) is 12.5. The quantitative estimate of drug-likeness (QED) is 0.601. The van der Waals surface area contributed by atoms with Crippen molar-refractivity contribution in [2.45, 2.75) is 51.5 Å². The van der Waals surface area contributed by atoms with Gasteiger partial charge in [-0.25, -0.2) is 0 Å². The summed E-state index contributed by atoms with van der Waals surface area (Å²) in [5.41, 5.74) is 3.61. The molecule has 0 spiro atoms. The van der Waals surface area contributed by atoms with Crippen molar-refractivity contribution in [2.24, 2.45) is 5.92 Å². The van der Waals surface area contributed by atoms with E-state index in [0.29, 0.717) is 6.04 Å². The topological polar surface area (TPSA) is 41.1 Å². The lowest BCUT2D eigenvalue weighted by Gasteiger charge is -2.23. The van der Waals surface area contributed by atoms with E-state index in [9.17, 15) is 4.79 Å². The molecule has 0 aromatic rings. The van der Waals surface area contributed by atoms with Crippen LogP contribution in [0.2, 0.25) is 0 Å². The van der Waals surface area contributed by atoms with E-state index in [2.05, 4.69) is 30.2 Å². The molecule has 0 aromatic carbocycles. The fourth-order valence-corrected chi connectivity index (χ4v) is 3.25. The van der Waals surface area contributed by atoms with Crippen molar-refractivity contribution >= 4 is 5.91 Å². The molecule has 2 rings (SSSR count). The molecule has 2 atom stereocenters. The van der Waals surface area contributed by atoms with Crippen LogP contribution in [-0.4, -0.2) is 19.0 Å². The Morgan fingerprint density at radius 2 is 2.00 bits per heavy atom. The van der Waals surface area contributed by atoms with Gasteiger partial charge in [-0.3, -0.25) is 4.79 Å². The van der Waals surface area contributed by atoms with Gasteiger partial charge < -0.3 is 10.6 Å². The molecule has 120 valence electrons. The lowest BCUT2D eigenvalue weighted by atomic mass is 9.92. The summed E-state index contributed by atoms with van der Waals surface area (Å²) in [7, 11) is 1.96. The minimum atomic E-state index is -0.0285. The smallest absolute Gasteiger partial charge is 0.231 e. The van der Waals surface area contributed by atoms with E-state index in [0.717, 1.165) is 31.4 Å². The van der Waals surface area contributed by atoms with Crippen LogP contribution in [0.1, 0.15) is 45.4 Å². The summed E-state index contributed by atoms with van der Waals surface area (Å²) in [6, 6.07) is 0.398. The molecule has 0 saturated heterocycles. The molecule has 0 aliphatic heterocycles. The molecule has 3 nitrogen and oxygen atoms in total. The van der Waals surface area contributed by atoms with Crippen LogP contribution in [0.3, 0.4) is 0 Å². The zero-order chi connectivity index (χ0) is 15.9. The maximum Gasteiger partial charge on any atom is 0.231 e. The maximum absolute atomic E-state index is 12.5. The first-order chi connectivity index (χ1) is 10.7. The van der Waals surface area contributed by atoms with Gasteiger partial charge in [0.25, 0.3) is 0 Å². The SMILES string of the molecule is C=C/C=C(/NC(=O)C1C=CC(NC)CC1)C(C)=C1CCCC1. The van der Waals surface area contributed by atoms with Crippen molar-refractivity contribution in [1.29, 1.82) is 0 Å². The van der Waals surface area contributed by atoms with Crippen molar-refractivity contribution in [3.63, 3.8) is 0 Å². The van der Waals surface area contributed by atoms with E-state index in [4.69, 9.17) is 0 Å². The monoisotopic (exact) mass is 300 g/mol. The van der Waals surface area contributed by atoms with E-state index in [-0.39, 0.29) is 11.8 Å². The molecule has 3 heteroatoms. The van der Waals surface area contributed by atoms with E-state index in [1.165, 1.54) is 24.0 Å². The number of likely N-dealkylation sites (N-methyl/N-ethyl adjacent to an activating group) is 1. The average Bonchev–Trinajstić information content (AvgIpc) is 3.08. The highest BCUT2D eigenvalue weighted by molar-refractivity contribution is 5.83. The van der Waals surface area contributed by atoms with Gasteiger partial charge in [0, 0.05) is 11.7 Å². The van der Waals surface area contributed by atoms with Crippen molar-refractivity contribution < 1.29 is 4.79 Å². The first-order valence-electron chi connectivity index (χ1n) is 8.34. The Bertz CT molecular complexity index is 506. The normalized spacial score (nSPS) is 25.2. The molecule has 2 N–H and O–H groups in total. The molecule has 0 heterocycles. The summed E-state index contributed by atoms with van der Waals surface area (Å²) in [5, 5.41) is 6.35. The summed E-state index contributed by atoms with van der Waals surface area (Å²) in [6.07, 6.45) is 14.5. The summed E-state index contributed by atoms with van der Waals surface area (Å²) in [5.74, 6) is 0.0658. The minimum absolute atomic E-state index is 0.0285. The second-order valence-corrected chi connectivity index (χ2v) is 6.20. The van der Waals surface area contributed by atoms with Gasteiger partial charge in [0.05, 0.1) is 5.92 Å². The first-order valence-corrected chi connectivity index (χ1v) is 8.34. The minimum Gasteiger partial charge on any atom is -0.325 e. The highest BCUT2D eigenvalue weighted by Crippen LogP contribution is 2.29. The van der Waals surface area contributed by atoms with Crippen LogP contribution in [0.25, 0.3) is 0 Å². The van der Waals surface area contributed by atoms with Crippen LogP contribution < -0.4 is 10.6 Å². The van der Waals surface area contributed by atoms with Gasteiger partial charge in [-0.15, -0.1) is 0 Å². The second kappa shape index (κ2) is 8.14. The number of hydrogen-bond acceptors (Lipinski definition) is 2. The number of amides is 1. The van der Waals surface area contributed by atoms with Crippen LogP contribution in [-0.2, 0) is 4.79 Å². The fraction of sp³-hybridized carbons (Fsp3) is 0.526. The Kier molecular flexibility index (Phi) is 6.20. The van der Waals surface area contributed by atoms with E-state index < -0.39 is 0 Å². The zero-order valence-corrected chi connectivity index (χ0v) is 13.8. The van der Waals surface area contributed by atoms with Gasteiger partial charge in [-0.1, -0.05) is 30.4 Å². The van der Waals surface area contributed by atoms with Crippen LogP contribution in [0.15, 0.2) is 47.7 Å². The van der Waals surface area contributed by atoms with Gasteiger partial charge >= 0.3 is 0 Å². The molecule has 1 fully saturated rings. The van der Waals surface area contributed by atoms with Crippen molar-refractivity contribution in [3.05, 3.63) is 47.7 Å². The van der Waals surface area contributed by atoms with Gasteiger partial charge in [-0.05, 0) is 64.1 Å². The van der Waals surface area contributed by atoms with Gasteiger partial charge in [0.1, 0.15) is 0 Å². The summed E-state index contributed by atoms with van der Waals surface area (Å²) < 4.78 is 0. The third kappa shape index (κ3) is 4.20. The highest BCUT2D eigenvalue weighted by Gasteiger charge is 2.22. The van der Waals surface area contributed by atoms with Crippen molar-refractivity contribution in [3.8, 4) is 0 Å². The second-order valence-electron chi connectivity index (χ2n) is 6.20. The van der Waals surface area contributed by atoms with Gasteiger partial charge in [0.15, 0.2) is 0 Å². The molecule has 0 radical (unpaired) electrons. The van der Waals surface area contributed by atoms with Crippen LogP contribution >= 0.6 is 0 Å². The van der Waals surface area contributed by atoms with Gasteiger partial charge in [0.2, 0.25) is 5.91 Å². The molecule has 2 aliphatic carbocycles. The highest BCUT2D eigenvalue weighted by atomic mass is 16.1. The predicted octanol–water partition coefficient (Wildman–Crippen LogP) is 3.62. The molecule has 2 aliphatic rings. The molecule has 0 aromatic heterocycles. The summed E-state index contributed by atoms with van der Waals surface area (Å²) >= 11 is 0. The Balaban J connectivity index is 2.05. The molecule has 22 heavy (non-hydrogen) atoms. The van der Waals surface area contributed by atoms with E-state index in [1.54, 1.807) is 6.08 Å². The van der Waals surface area contributed by atoms with E-state index in [1.807, 2.05) is 19.2 Å². The Morgan fingerprint density at radius 3 is 2.55 bits per heavy atom. The number of nitrogens with one attached hydrogen (secondary N) is 2. The lowest BCUT2D eigenvalue weighted by molar-refractivity contribution is -0.123. The fourth-order valence-electron chi connectivity index (χ4n) is 3.25. The third-order valence-electron chi connectivity index (χ3n) is 4.76. The third-order valence-corrected chi connectivity index (χ3v) is 4.76. The predicted molar refractivity (Wildman–Crippen MR) is 92.3 cm³/mol. The van der Waals surface area contributed by atoms with Gasteiger partial charge in [-0.2, -0.15) is 0 Å². The van der Waals surface area contributed by atoms with Crippen LogP contribution in [0, 0.1) is 5.92 Å². The molecular formula is C19H28N2O. The molecule has 0 bridgehead atoms. The van der Waals surface area contributed by atoms with E-state index >= 15 is 0 Å². The molecular weight excluding hydrogens is 272 g/mol. The molecule has 1 amide bonds. The number of carbonyl (C=O) groups excluding carboxylic acids is 1. The van der Waals surface area contributed by atoms with Crippen molar-refractivity contribution in [2.75, 3.05) is 7.05 Å². The average molecular weight is 300 g/mol. The number of rotatable bonds is 5. The number of allylic oxidation sites excluding steroid dienone is 4. The summed E-state index contributed by atoms with van der Waals surface area (Å²) in [6.45, 7) is 5.89. The first kappa shape index (κ1) is 16.8. The Labute approximate surface area is 134 Å². The number of hydrogen-bond donors (Lipinski definition) is 2. The Hall–Kier alpha value is -1.61. The standard InChI is InChI=1S/C19H28N2O/c1-4-7-18(14(2)15-8-5-6-9-15)21-19(22)16-10-12-17(20-3)13-11-16/h4,7,10,12,16-17,20H,1,5-6,8-9,11,13H2,2-3H3,(H,21,22)/b18-7+. The Morgan fingerprint density at radius 1 is 1.27 bits per heavy atom. The molecule has 1 saturated carbocycles. The largest absolute Gasteiger partial charge is 0.325 e. The molecule has 2 unspecified atom stereocenters. The van der Waals surface area contributed by atoms with Crippen LogP contribution in [0.5, 0.6) is 0 Å². The number of carbonyl (C=O) groups is 1. The van der Waals surface area contributed by atoms with Crippen molar-refractivity contribution in [1.82, 2.24) is 10.6 Å². The zero-order valence-electron chi connectivity index (χ0n) is 13.8. The van der Waals surface area contributed by atoms with Crippen LogP contribution in [0.4, 0.5) is 0 Å². The maximum atomic E-state index is 12.5. The lowest BCUT2D eigenvalue weighted by Crippen LogP contribution is -2.34.